The molecule has 0 aliphatic heterocycles. The Balaban J connectivity index is 0.00000676. The summed E-state index contributed by atoms with van der Waals surface area (Å²) in [6.45, 7) is 10.3. The van der Waals surface area contributed by atoms with Crippen molar-refractivity contribution in [2.45, 2.75) is 52.3 Å². The molecule has 0 spiro atoms. The summed E-state index contributed by atoms with van der Waals surface area (Å²) in [6, 6.07) is 9.50. The van der Waals surface area contributed by atoms with Gasteiger partial charge < -0.3 is 20.7 Å². The molecule has 0 heterocycles. The number of nitrogens with one attached hydrogen (secondary N) is 3. The minimum atomic E-state index is -0.539. The number of benzene rings is 1. The van der Waals surface area contributed by atoms with Crippen molar-refractivity contribution in [2.24, 2.45) is 4.99 Å². The Hall–Kier alpha value is -2.02. The van der Waals surface area contributed by atoms with Gasteiger partial charge in [-0.1, -0.05) is 12.1 Å². The van der Waals surface area contributed by atoms with E-state index in [4.69, 9.17) is 10.00 Å². The third kappa shape index (κ3) is 10.7. The normalized spacial score (nSPS) is 11.7. The van der Waals surface area contributed by atoms with Crippen LogP contribution in [-0.2, 0) is 11.3 Å². The minimum absolute atomic E-state index is 0. The number of hydrogen-bond acceptors (Lipinski definition) is 4. The molecule has 1 amide bonds. The van der Waals surface area contributed by atoms with E-state index >= 15 is 0 Å². The molecule has 7 nitrogen and oxygen atoms in total. The highest BCUT2D eigenvalue weighted by atomic mass is 127. The number of aliphatic imine (C=N–C) groups is 1. The topological polar surface area (TPSA) is 98.5 Å². The Morgan fingerprint density at radius 3 is 2.44 bits per heavy atom. The number of ether oxygens (including phenoxy) is 1. The fourth-order valence-electron chi connectivity index (χ4n) is 2.09. The van der Waals surface area contributed by atoms with E-state index in [2.05, 4.69) is 27.0 Å². The van der Waals surface area contributed by atoms with Gasteiger partial charge in [0.05, 0.1) is 17.2 Å². The predicted molar refractivity (Wildman–Crippen MR) is 118 cm³/mol. The molecule has 150 valence electrons. The van der Waals surface area contributed by atoms with Crippen LogP contribution in [0, 0.1) is 11.3 Å². The van der Waals surface area contributed by atoms with Crippen molar-refractivity contribution in [2.75, 3.05) is 13.6 Å². The summed E-state index contributed by atoms with van der Waals surface area (Å²) in [5.74, 6) is 0.603. The molecule has 0 saturated heterocycles. The van der Waals surface area contributed by atoms with Gasteiger partial charge in [0.1, 0.15) is 5.60 Å². The molecule has 0 atom stereocenters. The molecule has 27 heavy (non-hydrogen) atoms. The number of guanidine groups is 1. The highest BCUT2D eigenvalue weighted by Crippen LogP contribution is 2.09. The maximum atomic E-state index is 11.9. The number of rotatable bonds is 5. The van der Waals surface area contributed by atoms with Gasteiger partial charge in [-0.05, 0) is 52.3 Å². The van der Waals surface area contributed by atoms with E-state index in [1.807, 2.05) is 52.8 Å². The lowest BCUT2D eigenvalue weighted by molar-refractivity contribution is 0.0474. The lowest BCUT2D eigenvalue weighted by Crippen LogP contribution is -2.54. The Morgan fingerprint density at radius 2 is 1.89 bits per heavy atom. The molecule has 0 aliphatic carbocycles. The number of nitriles is 1. The van der Waals surface area contributed by atoms with Crippen molar-refractivity contribution >= 4 is 36.0 Å². The Bertz CT molecular complexity index is 690. The summed E-state index contributed by atoms with van der Waals surface area (Å²) >= 11 is 0. The van der Waals surface area contributed by atoms with E-state index < -0.39 is 17.2 Å². The molecule has 0 fully saturated rings. The summed E-state index contributed by atoms with van der Waals surface area (Å²) in [5.41, 5.74) is 0.539. The van der Waals surface area contributed by atoms with Gasteiger partial charge in [0.25, 0.3) is 0 Å². The number of halogens is 1. The van der Waals surface area contributed by atoms with Crippen molar-refractivity contribution in [1.29, 1.82) is 5.26 Å². The molecular formula is C19H30IN5O2. The number of alkyl carbamates (subject to hydrolysis) is 1. The Morgan fingerprint density at radius 1 is 1.22 bits per heavy atom. The van der Waals surface area contributed by atoms with Gasteiger partial charge in [0, 0.05) is 20.1 Å². The van der Waals surface area contributed by atoms with Crippen LogP contribution < -0.4 is 16.0 Å². The third-order valence-corrected chi connectivity index (χ3v) is 3.28. The molecule has 0 saturated carbocycles. The van der Waals surface area contributed by atoms with Crippen LogP contribution in [-0.4, -0.2) is 36.8 Å². The van der Waals surface area contributed by atoms with Gasteiger partial charge in [-0.15, -0.1) is 24.0 Å². The van der Waals surface area contributed by atoms with Crippen LogP contribution in [0.1, 0.15) is 45.7 Å². The fraction of sp³-hybridized carbons (Fsp3) is 0.526. The van der Waals surface area contributed by atoms with Crippen molar-refractivity contribution in [3.63, 3.8) is 0 Å². The maximum absolute atomic E-state index is 11.9. The van der Waals surface area contributed by atoms with Crippen LogP contribution >= 0.6 is 24.0 Å². The summed E-state index contributed by atoms with van der Waals surface area (Å²) in [4.78, 5) is 16.1. The number of nitrogens with zero attached hydrogens (tertiary/aromatic N) is 2. The van der Waals surface area contributed by atoms with Gasteiger partial charge in [0.2, 0.25) is 0 Å². The number of amides is 1. The highest BCUT2D eigenvalue weighted by Gasteiger charge is 2.24. The molecule has 3 N–H and O–H groups in total. The van der Waals surface area contributed by atoms with Gasteiger partial charge >= 0.3 is 6.09 Å². The van der Waals surface area contributed by atoms with Crippen molar-refractivity contribution in [1.82, 2.24) is 16.0 Å². The standard InChI is InChI=1S/C19H29N5O2.HI/c1-18(2,3)26-17(25)24-19(4,5)13-23-16(21-6)22-12-15-9-7-8-14(10-15)11-20;/h7-10H,12-13H2,1-6H3,(H,24,25)(H2,21,22,23);1H. The largest absolute Gasteiger partial charge is 0.444 e. The molecular weight excluding hydrogens is 457 g/mol. The smallest absolute Gasteiger partial charge is 0.408 e. The van der Waals surface area contributed by atoms with Crippen LogP contribution in [0.25, 0.3) is 0 Å². The molecule has 8 heteroatoms. The first-order chi connectivity index (χ1) is 12.0. The van der Waals surface area contributed by atoms with Gasteiger partial charge in [-0.3, -0.25) is 4.99 Å². The lowest BCUT2D eigenvalue weighted by Gasteiger charge is -2.29. The molecule has 0 aromatic heterocycles. The average Bonchev–Trinajstić information content (AvgIpc) is 2.52. The maximum Gasteiger partial charge on any atom is 0.408 e. The molecule has 0 aliphatic rings. The number of carbonyl (C=O) groups is 1. The first kappa shape index (κ1) is 25.0. The summed E-state index contributed by atoms with van der Waals surface area (Å²) in [6.07, 6.45) is -0.458. The molecule has 1 rings (SSSR count). The van der Waals surface area contributed by atoms with Crippen LogP contribution in [0.15, 0.2) is 29.3 Å². The second kappa shape index (κ2) is 11.0. The molecule has 0 unspecified atom stereocenters. The number of hydrogen-bond donors (Lipinski definition) is 3. The van der Waals surface area contributed by atoms with E-state index in [1.54, 1.807) is 13.1 Å². The van der Waals surface area contributed by atoms with E-state index in [9.17, 15) is 4.79 Å². The molecule has 1 aromatic rings. The fourth-order valence-corrected chi connectivity index (χ4v) is 2.09. The SMILES string of the molecule is CN=C(NCc1cccc(C#N)c1)NCC(C)(C)NC(=O)OC(C)(C)C.I. The van der Waals surface area contributed by atoms with Crippen LogP contribution in [0.2, 0.25) is 0 Å². The molecule has 0 bridgehead atoms. The zero-order valence-electron chi connectivity index (χ0n) is 16.8. The molecule has 1 aromatic carbocycles. The predicted octanol–water partition coefficient (Wildman–Crippen LogP) is 3.14. The average molecular weight is 487 g/mol. The first-order valence-corrected chi connectivity index (χ1v) is 8.49. The second-order valence-corrected chi connectivity index (χ2v) is 7.60. The van der Waals surface area contributed by atoms with Gasteiger partial charge in [-0.2, -0.15) is 5.26 Å². The van der Waals surface area contributed by atoms with Crippen molar-refractivity contribution < 1.29 is 9.53 Å². The van der Waals surface area contributed by atoms with Crippen LogP contribution in [0.3, 0.4) is 0 Å². The zero-order valence-corrected chi connectivity index (χ0v) is 19.2. The van der Waals surface area contributed by atoms with E-state index in [0.717, 1.165) is 5.56 Å². The minimum Gasteiger partial charge on any atom is -0.444 e. The van der Waals surface area contributed by atoms with Gasteiger partial charge in [-0.25, -0.2) is 4.79 Å². The summed E-state index contributed by atoms with van der Waals surface area (Å²) in [5, 5.41) is 18.2. The zero-order chi connectivity index (χ0) is 19.8. The van der Waals surface area contributed by atoms with Gasteiger partial charge in [0.15, 0.2) is 5.96 Å². The number of carbonyl (C=O) groups excluding carboxylic acids is 1. The van der Waals surface area contributed by atoms with E-state index in [0.29, 0.717) is 24.6 Å². The van der Waals surface area contributed by atoms with E-state index in [-0.39, 0.29) is 24.0 Å². The summed E-state index contributed by atoms with van der Waals surface area (Å²) in [7, 11) is 1.68. The Kier molecular flexibility index (Phi) is 10.1. The van der Waals surface area contributed by atoms with Crippen molar-refractivity contribution in [3.05, 3.63) is 35.4 Å². The first-order valence-electron chi connectivity index (χ1n) is 8.49. The lowest BCUT2D eigenvalue weighted by atomic mass is 10.1. The van der Waals surface area contributed by atoms with Crippen LogP contribution in [0.4, 0.5) is 4.79 Å². The van der Waals surface area contributed by atoms with Crippen LogP contribution in [0.5, 0.6) is 0 Å². The van der Waals surface area contributed by atoms with Crippen molar-refractivity contribution in [3.8, 4) is 6.07 Å². The Labute approximate surface area is 179 Å². The molecule has 0 radical (unpaired) electrons. The summed E-state index contributed by atoms with van der Waals surface area (Å²) < 4.78 is 5.28. The van der Waals surface area contributed by atoms with E-state index in [1.165, 1.54) is 0 Å². The highest BCUT2D eigenvalue weighted by molar-refractivity contribution is 14.0. The monoisotopic (exact) mass is 487 g/mol. The second-order valence-electron chi connectivity index (χ2n) is 7.60. The third-order valence-electron chi connectivity index (χ3n) is 3.28. The quantitative estimate of drug-likeness (QED) is 0.337.